The third kappa shape index (κ3) is 3.99. The normalized spacial score (nSPS) is 10.1. The smallest absolute Gasteiger partial charge is 0.308 e. The molecule has 1 aromatic heterocycles. The minimum absolute atomic E-state index is 0.234. The maximum atomic E-state index is 11.7. The molecule has 4 nitrogen and oxygen atoms in total. The molecule has 1 heterocycles. The molecule has 0 unspecified atom stereocenters. The summed E-state index contributed by atoms with van der Waals surface area (Å²) in [5.41, 5.74) is 0.604. The molecule has 0 aliphatic rings. The van der Waals surface area contributed by atoms with Crippen LogP contribution in [-0.2, 0) is 0 Å². The summed E-state index contributed by atoms with van der Waals surface area (Å²) < 4.78 is 0. The van der Waals surface area contributed by atoms with Crippen LogP contribution in [0.3, 0.4) is 0 Å². The first kappa shape index (κ1) is 13.9. The molecule has 98 valence electrons. The van der Waals surface area contributed by atoms with Crippen LogP contribution in [0.2, 0.25) is 15.1 Å². The van der Waals surface area contributed by atoms with Gasteiger partial charge in [-0.3, -0.25) is 5.32 Å². The fraction of sp³-hybridized carbons (Fsp3) is 0. The molecule has 19 heavy (non-hydrogen) atoms. The van der Waals surface area contributed by atoms with Crippen LogP contribution in [0.4, 0.5) is 16.3 Å². The van der Waals surface area contributed by atoms with Gasteiger partial charge >= 0.3 is 6.03 Å². The Kier molecular flexibility index (Phi) is 4.47. The fourth-order valence-electron chi connectivity index (χ4n) is 1.31. The molecule has 0 fully saturated rings. The van der Waals surface area contributed by atoms with Gasteiger partial charge in [-0.05, 0) is 30.3 Å². The largest absolute Gasteiger partial charge is 0.324 e. The van der Waals surface area contributed by atoms with Crippen molar-refractivity contribution in [3.63, 3.8) is 0 Å². The standard InChI is InChI=1S/C12H8Cl3N3O/c13-7-1-3-9(4-2-7)17-12(19)18-11-10(15)5-8(14)6-16-11/h1-6H,(H2,16,17,18,19). The molecule has 2 rings (SSSR count). The van der Waals surface area contributed by atoms with Crippen molar-refractivity contribution in [2.24, 2.45) is 0 Å². The molecule has 0 saturated heterocycles. The number of urea groups is 1. The van der Waals surface area contributed by atoms with Crippen molar-refractivity contribution >= 4 is 52.3 Å². The summed E-state index contributed by atoms with van der Waals surface area (Å²) in [6.07, 6.45) is 1.39. The number of aromatic nitrogens is 1. The third-order valence-electron chi connectivity index (χ3n) is 2.14. The topological polar surface area (TPSA) is 54.0 Å². The molecular formula is C12H8Cl3N3O. The Labute approximate surface area is 124 Å². The second kappa shape index (κ2) is 6.10. The van der Waals surface area contributed by atoms with Gasteiger partial charge in [-0.25, -0.2) is 9.78 Å². The van der Waals surface area contributed by atoms with Gasteiger partial charge in [-0.1, -0.05) is 34.8 Å². The third-order valence-corrected chi connectivity index (χ3v) is 2.89. The van der Waals surface area contributed by atoms with Gasteiger partial charge in [-0.2, -0.15) is 0 Å². The number of amides is 2. The van der Waals surface area contributed by atoms with Crippen molar-refractivity contribution in [3.8, 4) is 0 Å². The summed E-state index contributed by atoms with van der Waals surface area (Å²) in [4.78, 5) is 15.6. The minimum Gasteiger partial charge on any atom is -0.308 e. The van der Waals surface area contributed by atoms with Crippen LogP contribution >= 0.6 is 34.8 Å². The van der Waals surface area contributed by atoms with E-state index in [0.29, 0.717) is 15.7 Å². The number of hydrogen-bond acceptors (Lipinski definition) is 2. The second-order valence-electron chi connectivity index (χ2n) is 3.57. The highest BCUT2D eigenvalue weighted by atomic mass is 35.5. The Bertz CT molecular complexity index is 602. The number of anilines is 2. The van der Waals surface area contributed by atoms with E-state index in [2.05, 4.69) is 15.6 Å². The molecule has 0 saturated carbocycles. The van der Waals surface area contributed by atoms with Crippen LogP contribution in [0.15, 0.2) is 36.5 Å². The van der Waals surface area contributed by atoms with Gasteiger partial charge in [0.05, 0.1) is 10.0 Å². The van der Waals surface area contributed by atoms with Gasteiger partial charge in [0, 0.05) is 16.9 Å². The molecular weight excluding hydrogens is 309 g/mol. The SMILES string of the molecule is O=C(Nc1ccc(Cl)cc1)Nc1ncc(Cl)cc1Cl. The van der Waals surface area contributed by atoms with E-state index >= 15 is 0 Å². The number of benzene rings is 1. The molecule has 0 aliphatic heterocycles. The zero-order valence-corrected chi connectivity index (χ0v) is 11.7. The molecule has 0 aliphatic carbocycles. The molecule has 2 aromatic rings. The summed E-state index contributed by atoms with van der Waals surface area (Å²) in [7, 11) is 0. The zero-order chi connectivity index (χ0) is 13.8. The molecule has 0 radical (unpaired) electrons. The van der Waals surface area contributed by atoms with Gasteiger partial charge in [0.1, 0.15) is 0 Å². The number of carbonyl (C=O) groups is 1. The number of hydrogen-bond donors (Lipinski definition) is 2. The fourth-order valence-corrected chi connectivity index (χ4v) is 1.86. The maximum Gasteiger partial charge on any atom is 0.324 e. The molecule has 2 N–H and O–H groups in total. The van der Waals surface area contributed by atoms with Crippen molar-refractivity contribution < 1.29 is 4.79 Å². The Morgan fingerprint density at radius 3 is 2.32 bits per heavy atom. The Balaban J connectivity index is 2.03. The van der Waals surface area contributed by atoms with E-state index in [1.165, 1.54) is 12.3 Å². The molecule has 0 bridgehead atoms. The molecule has 0 atom stereocenters. The average Bonchev–Trinajstić information content (AvgIpc) is 2.36. The molecule has 1 aromatic carbocycles. The average molecular weight is 317 g/mol. The predicted octanol–water partition coefficient (Wildman–Crippen LogP) is 4.69. The van der Waals surface area contributed by atoms with E-state index in [9.17, 15) is 4.79 Å². The number of halogens is 3. The van der Waals surface area contributed by atoms with E-state index in [1.54, 1.807) is 24.3 Å². The number of nitrogens with zero attached hydrogens (tertiary/aromatic N) is 1. The lowest BCUT2D eigenvalue weighted by molar-refractivity contribution is 0.262. The first-order chi connectivity index (χ1) is 9.04. The Morgan fingerprint density at radius 2 is 1.68 bits per heavy atom. The minimum atomic E-state index is -0.459. The molecule has 2 amide bonds. The quantitative estimate of drug-likeness (QED) is 0.844. The van der Waals surface area contributed by atoms with Crippen LogP contribution in [0.5, 0.6) is 0 Å². The van der Waals surface area contributed by atoms with E-state index in [0.717, 1.165) is 0 Å². The van der Waals surface area contributed by atoms with Crippen molar-refractivity contribution in [2.75, 3.05) is 10.6 Å². The van der Waals surface area contributed by atoms with Gasteiger partial charge < -0.3 is 5.32 Å². The number of rotatable bonds is 2. The second-order valence-corrected chi connectivity index (χ2v) is 4.85. The van der Waals surface area contributed by atoms with Gasteiger partial charge in [0.2, 0.25) is 0 Å². The highest BCUT2D eigenvalue weighted by Gasteiger charge is 2.07. The summed E-state index contributed by atoms with van der Waals surface area (Å²) in [5, 5.41) is 6.39. The number of pyridine rings is 1. The first-order valence-electron chi connectivity index (χ1n) is 5.19. The summed E-state index contributed by atoms with van der Waals surface area (Å²) in [6, 6.07) is 7.74. The van der Waals surface area contributed by atoms with E-state index < -0.39 is 6.03 Å². The summed E-state index contributed by atoms with van der Waals surface area (Å²) in [6.45, 7) is 0. The van der Waals surface area contributed by atoms with Gasteiger partial charge in [0.15, 0.2) is 5.82 Å². The summed E-state index contributed by atoms with van der Waals surface area (Å²) >= 11 is 17.3. The Morgan fingerprint density at radius 1 is 1.00 bits per heavy atom. The Hall–Kier alpha value is -1.49. The highest BCUT2D eigenvalue weighted by Crippen LogP contribution is 2.22. The maximum absolute atomic E-state index is 11.7. The lowest BCUT2D eigenvalue weighted by Crippen LogP contribution is -2.20. The zero-order valence-electron chi connectivity index (χ0n) is 9.45. The lowest BCUT2D eigenvalue weighted by atomic mass is 10.3. The van der Waals surface area contributed by atoms with Crippen molar-refractivity contribution in [2.45, 2.75) is 0 Å². The first-order valence-corrected chi connectivity index (χ1v) is 6.32. The monoisotopic (exact) mass is 315 g/mol. The molecule has 0 spiro atoms. The lowest BCUT2D eigenvalue weighted by Gasteiger charge is -2.08. The van der Waals surface area contributed by atoms with Gasteiger partial charge in [-0.15, -0.1) is 0 Å². The van der Waals surface area contributed by atoms with E-state index in [1.807, 2.05) is 0 Å². The van der Waals surface area contributed by atoms with Crippen LogP contribution < -0.4 is 10.6 Å². The van der Waals surface area contributed by atoms with Crippen molar-refractivity contribution in [3.05, 3.63) is 51.6 Å². The summed E-state index contributed by atoms with van der Waals surface area (Å²) in [5.74, 6) is 0.234. The predicted molar refractivity (Wildman–Crippen MR) is 78.4 cm³/mol. The van der Waals surface area contributed by atoms with E-state index in [-0.39, 0.29) is 10.8 Å². The highest BCUT2D eigenvalue weighted by molar-refractivity contribution is 6.36. The van der Waals surface area contributed by atoms with Crippen LogP contribution in [0, 0.1) is 0 Å². The number of carbonyl (C=O) groups excluding carboxylic acids is 1. The number of nitrogens with one attached hydrogen (secondary N) is 2. The molecule has 7 heteroatoms. The van der Waals surface area contributed by atoms with Crippen LogP contribution in [0.25, 0.3) is 0 Å². The van der Waals surface area contributed by atoms with E-state index in [4.69, 9.17) is 34.8 Å². The van der Waals surface area contributed by atoms with Crippen molar-refractivity contribution in [1.82, 2.24) is 4.98 Å². The van der Waals surface area contributed by atoms with Crippen LogP contribution in [0.1, 0.15) is 0 Å². The van der Waals surface area contributed by atoms with Gasteiger partial charge in [0.25, 0.3) is 0 Å². The van der Waals surface area contributed by atoms with Crippen LogP contribution in [-0.4, -0.2) is 11.0 Å². The van der Waals surface area contributed by atoms with Crippen molar-refractivity contribution in [1.29, 1.82) is 0 Å².